The van der Waals surface area contributed by atoms with E-state index in [1.807, 2.05) is 6.92 Å². The van der Waals surface area contributed by atoms with E-state index < -0.39 is 0 Å². The van der Waals surface area contributed by atoms with Gasteiger partial charge < -0.3 is 16.4 Å². The Bertz CT molecular complexity index is 196. The summed E-state index contributed by atoms with van der Waals surface area (Å²) >= 11 is 0. The molecule has 88 valence electrons. The number of carbonyl (C=O) groups is 1. The van der Waals surface area contributed by atoms with Crippen LogP contribution in [0.15, 0.2) is 0 Å². The van der Waals surface area contributed by atoms with Crippen LogP contribution < -0.4 is 16.4 Å². The lowest BCUT2D eigenvalue weighted by atomic mass is 9.85. The second-order valence-corrected chi connectivity index (χ2v) is 4.35. The van der Waals surface area contributed by atoms with Crippen molar-refractivity contribution in [1.82, 2.24) is 10.6 Å². The maximum absolute atomic E-state index is 11.3. The van der Waals surface area contributed by atoms with Crippen molar-refractivity contribution in [2.24, 2.45) is 11.7 Å². The summed E-state index contributed by atoms with van der Waals surface area (Å²) < 4.78 is 0. The average molecular weight is 213 g/mol. The molecule has 1 aliphatic carbocycles. The summed E-state index contributed by atoms with van der Waals surface area (Å²) in [6, 6.07) is 0.208. The molecule has 4 N–H and O–H groups in total. The van der Waals surface area contributed by atoms with Gasteiger partial charge in [0.05, 0.1) is 0 Å². The maximum Gasteiger partial charge on any atom is 0.314 e. The summed E-state index contributed by atoms with van der Waals surface area (Å²) in [5, 5.41) is 5.68. The summed E-state index contributed by atoms with van der Waals surface area (Å²) in [6.45, 7) is 3.50. The molecule has 1 aliphatic rings. The molecule has 4 nitrogen and oxygen atoms in total. The number of nitrogens with two attached hydrogens (primary N) is 1. The lowest BCUT2D eigenvalue weighted by molar-refractivity contribution is 0.233. The van der Waals surface area contributed by atoms with Gasteiger partial charge in [0, 0.05) is 19.1 Å². The van der Waals surface area contributed by atoms with Gasteiger partial charge in [-0.05, 0) is 25.2 Å². The number of carbonyl (C=O) groups excluding carboxylic acids is 1. The van der Waals surface area contributed by atoms with Crippen molar-refractivity contribution in [2.45, 2.75) is 45.1 Å². The van der Waals surface area contributed by atoms with Crippen LogP contribution in [-0.4, -0.2) is 25.2 Å². The van der Waals surface area contributed by atoms with Crippen LogP contribution >= 0.6 is 0 Å². The zero-order valence-electron chi connectivity index (χ0n) is 9.59. The van der Waals surface area contributed by atoms with Crippen LogP contribution in [0, 0.1) is 5.92 Å². The topological polar surface area (TPSA) is 67.2 Å². The molecule has 0 radical (unpaired) electrons. The second kappa shape index (κ2) is 6.67. The van der Waals surface area contributed by atoms with Gasteiger partial charge in [0.15, 0.2) is 0 Å². The molecule has 0 aromatic carbocycles. The minimum Gasteiger partial charge on any atom is -0.338 e. The van der Waals surface area contributed by atoms with Gasteiger partial charge in [-0.25, -0.2) is 4.79 Å². The molecule has 4 heteroatoms. The third-order valence-corrected chi connectivity index (χ3v) is 3.03. The van der Waals surface area contributed by atoms with Crippen LogP contribution in [0.3, 0.4) is 0 Å². The number of urea groups is 1. The molecule has 2 amide bonds. The van der Waals surface area contributed by atoms with Crippen molar-refractivity contribution < 1.29 is 4.79 Å². The van der Waals surface area contributed by atoms with Gasteiger partial charge in [0.1, 0.15) is 0 Å². The maximum atomic E-state index is 11.3. The van der Waals surface area contributed by atoms with E-state index >= 15 is 0 Å². The van der Waals surface area contributed by atoms with E-state index in [0.29, 0.717) is 5.92 Å². The molecule has 0 bridgehead atoms. The predicted octanol–water partition coefficient (Wildman–Crippen LogP) is 1.21. The van der Waals surface area contributed by atoms with Gasteiger partial charge in [-0.3, -0.25) is 0 Å². The molecule has 0 spiro atoms. The standard InChI is InChI=1S/C11H23N3O/c1-2-7-13-11(15)14-8-9-5-3-4-6-10(9)12/h9-10H,2-8,12H2,1H3,(H2,13,14,15). The Balaban J connectivity index is 2.14. The first-order chi connectivity index (χ1) is 7.24. The van der Waals surface area contributed by atoms with Crippen molar-refractivity contribution in [3.8, 4) is 0 Å². The van der Waals surface area contributed by atoms with Crippen LogP contribution in [0.25, 0.3) is 0 Å². The van der Waals surface area contributed by atoms with E-state index in [0.717, 1.165) is 32.4 Å². The predicted molar refractivity (Wildman–Crippen MR) is 61.6 cm³/mol. The lowest BCUT2D eigenvalue weighted by Gasteiger charge is -2.28. The molecular formula is C11H23N3O. The molecule has 2 atom stereocenters. The van der Waals surface area contributed by atoms with Crippen LogP contribution in [0.2, 0.25) is 0 Å². The van der Waals surface area contributed by atoms with Gasteiger partial charge in [-0.2, -0.15) is 0 Å². The SMILES string of the molecule is CCCNC(=O)NCC1CCCCC1N. The highest BCUT2D eigenvalue weighted by atomic mass is 16.2. The van der Waals surface area contributed by atoms with Crippen molar-refractivity contribution in [3.63, 3.8) is 0 Å². The van der Waals surface area contributed by atoms with Gasteiger partial charge in [-0.1, -0.05) is 19.8 Å². The van der Waals surface area contributed by atoms with Crippen molar-refractivity contribution in [1.29, 1.82) is 0 Å². The third kappa shape index (κ3) is 4.51. The van der Waals surface area contributed by atoms with Crippen molar-refractivity contribution in [3.05, 3.63) is 0 Å². The summed E-state index contributed by atoms with van der Waals surface area (Å²) in [5.41, 5.74) is 5.99. The Morgan fingerprint density at radius 2 is 2.07 bits per heavy atom. The number of hydrogen-bond acceptors (Lipinski definition) is 2. The Hall–Kier alpha value is -0.770. The number of rotatable bonds is 4. The van der Waals surface area contributed by atoms with E-state index in [1.165, 1.54) is 12.8 Å². The first-order valence-corrected chi connectivity index (χ1v) is 6.01. The summed E-state index contributed by atoms with van der Waals surface area (Å²) in [6.07, 6.45) is 5.70. The third-order valence-electron chi connectivity index (χ3n) is 3.03. The fraction of sp³-hybridized carbons (Fsp3) is 0.909. The Morgan fingerprint density at radius 3 is 2.73 bits per heavy atom. The Labute approximate surface area is 92.0 Å². The normalized spacial score (nSPS) is 26.0. The van der Waals surface area contributed by atoms with E-state index in [9.17, 15) is 4.79 Å². The average Bonchev–Trinajstić information content (AvgIpc) is 2.25. The molecule has 2 unspecified atom stereocenters. The molecule has 0 aromatic rings. The van der Waals surface area contributed by atoms with Gasteiger partial charge in [0.2, 0.25) is 0 Å². The molecule has 0 saturated heterocycles. The van der Waals surface area contributed by atoms with Gasteiger partial charge in [-0.15, -0.1) is 0 Å². The molecule has 1 saturated carbocycles. The molecule has 0 aromatic heterocycles. The number of hydrogen-bond donors (Lipinski definition) is 3. The first kappa shape index (κ1) is 12.3. The van der Waals surface area contributed by atoms with E-state index in [2.05, 4.69) is 10.6 Å². The summed E-state index contributed by atoms with van der Waals surface area (Å²) in [4.78, 5) is 11.3. The van der Waals surface area contributed by atoms with Gasteiger partial charge >= 0.3 is 6.03 Å². The Morgan fingerprint density at radius 1 is 1.33 bits per heavy atom. The minimum absolute atomic E-state index is 0.0605. The van der Waals surface area contributed by atoms with E-state index in [1.54, 1.807) is 0 Å². The molecule has 0 aliphatic heterocycles. The molecule has 0 heterocycles. The zero-order valence-corrected chi connectivity index (χ0v) is 9.59. The largest absolute Gasteiger partial charge is 0.338 e. The Kier molecular flexibility index (Phi) is 5.47. The van der Waals surface area contributed by atoms with Crippen molar-refractivity contribution >= 4 is 6.03 Å². The van der Waals surface area contributed by atoms with E-state index in [4.69, 9.17) is 5.73 Å². The fourth-order valence-corrected chi connectivity index (χ4v) is 2.01. The van der Waals surface area contributed by atoms with Crippen LogP contribution in [0.4, 0.5) is 4.79 Å². The quantitative estimate of drug-likeness (QED) is 0.657. The molecular weight excluding hydrogens is 190 g/mol. The fourth-order valence-electron chi connectivity index (χ4n) is 2.01. The van der Waals surface area contributed by atoms with Gasteiger partial charge in [0.25, 0.3) is 0 Å². The highest BCUT2D eigenvalue weighted by molar-refractivity contribution is 5.73. The first-order valence-electron chi connectivity index (χ1n) is 6.01. The monoisotopic (exact) mass is 213 g/mol. The molecule has 1 fully saturated rings. The lowest BCUT2D eigenvalue weighted by Crippen LogP contribution is -2.44. The van der Waals surface area contributed by atoms with Crippen LogP contribution in [0.1, 0.15) is 39.0 Å². The highest BCUT2D eigenvalue weighted by Gasteiger charge is 2.21. The highest BCUT2D eigenvalue weighted by Crippen LogP contribution is 2.21. The summed E-state index contributed by atoms with van der Waals surface area (Å²) in [7, 11) is 0. The molecule has 1 rings (SSSR count). The minimum atomic E-state index is -0.0605. The van der Waals surface area contributed by atoms with Crippen LogP contribution in [0.5, 0.6) is 0 Å². The van der Waals surface area contributed by atoms with Crippen molar-refractivity contribution in [2.75, 3.05) is 13.1 Å². The van der Waals surface area contributed by atoms with E-state index in [-0.39, 0.29) is 12.1 Å². The summed E-state index contributed by atoms with van der Waals surface area (Å²) in [5.74, 6) is 0.464. The molecule has 15 heavy (non-hydrogen) atoms. The number of amides is 2. The smallest absolute Gasteiger partial charge is 0.314 e. The van der Waals surface area contributed by atoms with Crippen LogP contribution in [-0.2, 0) is 0 Å². The second-order valence-electron chi connectivity index (χ2n) is 4.35. The number of nitrogens with one attached hydrogen (secondary N) is 2. The zero-order chi connectivity index (χ0) is 11.1.